The van der Waals surface area contributed by atoms with E-state index in [1.165, 1.54) is 0 Å². The normalized spacial score (nSPS) is 49.4. The third kappa shape index (κ3) is 2.84. The number of morpholine rings is 1. The van der Waals surface area contributed by atoms with Crippen LogP contribution in [-0.2, 0) is 15.9 Å². The summed E-state index contributed by atoms with van der Waals surface area (Å²) in [7, 11) is 0. The van der Waals surface area contributed by atoms with E-state index in [2.05, 4.69) is 13.5 Å². The first-order valence-electron chi connectivity index (χ1n) is 7.01. The van der Waals surface area contributed by atoms with Gasteiger partial charge in [0.05, 0.1) is 24.1 Å². The average Bonchev–Trinajstić information content (AvgIpc) is 2.53. The van der Waals surface area contributed by atoms with Crippen LogP contribution in [0.2, 0.25) is 0 Å². The van der Waals surface area contributed by atoms with Crippen LogP contribution in [0.3, 0.4) is 0 Å². The van der Waals surface area contributed by atoms with E-state index in [1.54, 1.807) is 0 Å². The third-order valence-corrected chi connectivity index (χ3v) is 1.80. The van der Waals surface area contributed by atoms with Crippen molar-refractivity contribution in [3.05, 3.63) is 0 Å². The number of nitrogens with zero attached hydrogens (tertiary/aromatic N) is 3. The Labute approximate surface area is 138 Å². The molecule has 0 radical (unpaired) electrons. The fourth-order valence-corrected chi connectivity index (χ4v) is 1.25. The van der Waals surface area contributed by atoms with Crippen LogP contribution in [0, 0.1) is 0 Å². The van der Waals surface area contributed by atoms with Gasteiger partial charge in [-0.3, -0.25) is 0 Å². The Morgan fingerprint density at radius 2 is 2.14 bits per heavy atom. The van der Waals surface area contributed by atoms with Gasteiger partial charge in [-0.25, -0.2) is 4.21 Å². The number of ether oxygens (including phenoxy) is 1. The SMILES string of the molecule is [2H]C1([2H])OC([2H])([2H])C([2H])([2H])N(C2=NS(=O)N=C2[O-])C1([2H])[2H].[K+]. The van der Waals surface area contributed by atoms with Gasteiger partial charge < -0.3 is 14.7 Å². The summed E-state index contributed by atoms with van der Waals surface area (Å²) in [6.07, 6.45) is 0. The van der Waals surface area contributed by atoms with Crippen molar-refractivity contribution in [2.45, 2.75) is 0 Å². The summed E-state index contributed by atoms with van der Waals surface area (Å²) in [5.74, 6) is -2.41. The molecule has 0 bridgehead atoms. The van der Waals surface area contributed by atoms with Gasteiger partial charge in [-0.1, -0.05) is 0 Å². The molecule has 0 spiro atoms. The van der Waals surface area contributed by atoms with Gasteiger partial charge in [0, 0.05) is 18.9 Å². The van der Waals surface area contributed by atoms with Crippen molar-refractivity contribution in [1.29, 1.82) is 0 Å². The van der Waals surface area contributed by atoms with Gasteiger partial charge in [0.15, 0.2) is 5.84 Å². The van der Waals surface area contributed by atoms with Gasteiger partial charge >= 0.3 is 51.4 Å². The van der Waals surface area contributed by atoms with Gasteiger partial charge in [0.1, 0.15) is 0 Å². The molecule has 0 aromatic heterocycles. The molecule has 2 aliphatic rings. The summed E-state index contributed by atoms with van der Waals surface area (Å²) >= 11 is -2.40. The van der Waals surface area contributed by atoms with Crippen molar-refractivity contribution in [1.82, 2.24) is 4.90 Å². The monoisotopic (exact) mass is 249 g/mol. The largest absolute Gasteiger partial charge is 1.00 e. The van der Waals surface area contributed by atoms with E-state index in [0.717, 1.165) is 0 Å². The molecule has 2 aliphatic heterocycles. The first-order chi connectivity index (χ1) is 9.24. The molecule has 1 fully saturated rings. The third-order valence-electron chi connectivity index (χ3n) is 1.15. The zero-order valence-corrected chi connectivity index (χ0v) is 10.9. The van der Waals surface area contributed by atoms with E-state index < -0.39 is 49.0 Å². The maximum Gasteiger partial charge on any atom is 1.00 e. The maximum atomic E-state index is 11.5. The summed E-state index contributed by atoms with van der Waals surface area (Å²) in [4.78, 5) is -0.153. The first kappa shape index (κ1) is 5.35. The molecule has 72 valence electrons. The van der Waals surface area contributed by atoms with E-state index in [1.807, 2.05) is 0 Å². The van der Waals surface area contributed by atoms with Gasteiger partial charge in [0.2, 0.25) is 0 Å². The van der Waals surface area contributed by atoms with Gasteiger partial charge in [0.25, 0.3) is 11.2 Å². The van der Waals surface area contributed by atoms with E-state index in [0.29, 0.717) is 0 Å². The minimum atomic E-state index is -3.31. The molecule has 0 aromatic carbocycles. The molecule has 14 heavy (non-hydrogen) atoms. The summed E-state index contributed by atoms with van der Waals surface area (Å²) in [5, 5.41) is 11.5. The van der Waals surface area contributed by atoms with Crippen molar-refractivity contribution in [3.8, 4) is 0 Å². The second-order valence-electron chi connectivity index (χ2n) is 1.91. The minimum absolute atomic E-state index is 0. The second-order valence-corrected chi connectivity index (χ2v) is 2.73. The predicted octanol–water partition coefficient (Wildman–Crippen LogP) is -4.93. The average molecular weight is 249 g/mol. The molecule has 1 unspecified atom stereocenters. The van der Waals surface area contributed by atoms with Crippen molar-refractivity contribution in [2.24, 2.45) is 8.80 Å². The molecule has 1 atom stereocenters. The van der Waals surface area contributed by atoms with Crippen LogP contribution < -0.4 is 56.5 Å². The van der Waals surface area contributed by atoms with E-state index in [-0.39, 0.29) is 56.3 Å². The molecule has 2 heterocycles. The van der Waals surface area contributed by atoms with E-state index >= 15 is 0 Å². The quantitative estimate of drug-likeness (QED) is 0.403. The summed E-state index contributed by atoms with van der Waals surface area (Å²) in [6.45, 7) is -13.2. The standard InChI is InChI=1S/C6H9N3O3S.K/c10-6-5(7-13(11)8-6)9-1-3-12-4-2-9;/h1-4H2,(H,8,10);/q;+1/p-1/i1D2,2D2,3D2,4D2;. The van der Waals surface area contributed by atoms with Crippen LogP contribution in [-0.4, -0.2) is 47.0 Å². The van der Waals surface area contributed by atoms with Gasteiger partial charge in [-0.15, -0.1) is 4.40 Å². The van der Waals surface area contributed by atoms with Crippen molar-refractivity contribution >= 4 is 22.9 Å². The number of amidine groups is 1. The van der Waals surface area contributed by atoms with Crippen LogP contribution in [0.5, 0.6) is 0 Å². The molecule has 2 rings (SSSR count). The van der Waals surface area contributed by atoms with Crippen LogP contribution in [0.1, 0.15) is 11.0 Å². The number of rotatable bonds is 0. The number of hydrogen-bond acceptors (Lipinski definition) is 4. The fourth-order valence-electron chi connectivity index (χ4n) is 0.678. The van der Waals surface area contributed by atoms with Crippen LogP contribution in [0.15, 0.2) is 8.80 Å². The molecular formula is C6H8KN3O3S. The smallest absolute Gasteiger partial charge is 0.855 e. The summed E-state index contributed by atoms with van der Waals surface area (Å²) in [5.41, 5.74) is 0. The molecule has 1 saturated heterocycles. The Bertz CT molecular complexity index is 555. The predicted molar refractivity (Wildman–Crippen MR) is 45.4 cm³/mol. The first-order valence-corrected chi connectivity index (χ1v) is 4.08. The van der Waals surface area contributed by atoms with Crippen LogP contribution in [0.25, 0.3) is 0 Å². The van der Waals surface area contributed by atoms with Crippen molar-refractivity contribution in [2.75, 3.05) is 26.1 Å². The Kier molecular flexibility index (Phi) is 2.17. The summed E-state index contributed by atoms with van der Waals surface area (Å²) < 4.78 is 81.7. The Balaban J connectivity index is 0.00000242. The minimum Gasteiger partial charge on any atom is -0.855 e. The zero-order chi connectivity index (χ0) is 16.4. The molecule has 8 heteroatoms. The number of hydrogen-bond donors (Lipinski definition) is 0. The van der Waals surface area contributed by atoms with Crippen molar-refractivity contribution < 1.29 is 76.4 Å². The van der Waals surface area contributed by atoms with E-state index in [9.17, 15) is 9.32 Å². The maximum absolute atomic E-state index is 11.5. The van der Waals surface area contributed by atoms with Gasteiger partial charge in [-0.2, -0.15) is 4.40 Å². The molecule has 6 nitrogen and oxygen atoms in total. The second kappa shape index (κ2) is 5.68. The molecular weight excluding hydrogens is 233 g/mol. The van der Waals surface area contributed by atoms with Crippen LogP contribution >= 0.6 is 0 Å². The molecule has 0 aromatic rings. The fraction of sp³-hybridized carbons (Fsp3) is 0.667. The summed E-state index contributed by atoms with van der Waals surface area (Å²) in [6, 6.07) is 0. The molecule has 0 amide bonds. The zero-order valence-electron chi connectivity index (χ0n) is 15.0. The van der Waals surface area contributed by atoms with E-state index in [4.69, 9.17) is 11.0 Å². The molecule has 0 saturated carbocycles. The Morgan fingerprint density at radius 1 is 1.50 bits per heavy atom. The van der Waals surface area contributed by atoms with Gasteiger partial charge in [-0.05, 0) is 0 Å². The van der Waals surface area contributed by atoms with Crippen LogP contribution in [0.4, 0.5) is 0 Å². The molecule has 0 aliphatic carbocycles. The topological polar surface area (TPSA) is 77.3 Å². The Morgan fingerprint density at radius 3 is 2.64 bits per heavy atom. The van der Waals surface area contributed by atoms with Crippen molar-refractivity contribution in [3.63, 3.8) is 0 Å². The molecule has 0 N–H and O–H groups in total. The Hall–Kier alpha value is 0.686.